The second-order valence-corrected chi connectivity index (χ2v) is 8.71. The Morgan fingerprint density at radius 2 is 1.38 bits per heavy atom. The van der Waals surface area contributed by atoms with Gasteiger partial charge in [-0.25, -0.2) is 4.68 Å². The molecule has 5 rings (SSSR count). The molecule has 0 amide bonds. The van der Waals surface area contributed by atoms with E-state index < -0.39 is 0 Å². The molecular formula is C29H27N3O2. The minimum atomic E-state index is -0.112. The zero-order valence-electron chi connectivity index (χ0n) is 19.4. The monoisotopic (exact) mass is 449 g/mol. The van der Waals surface area contributed by atoms with Gasteiger partial charge in [-0.05, 0) is 43.5 Å². The molecule has 5 nitrogen and oxygen atoms in total. The third-order valence-electron chi connectivity index (χ3n) is 6.40. The van der Waals surface area contributed by atoms with Gasteiger partial charge in [0.25, 0.3) is 11.1 Å². The van der Waals surface area contributed by atoms with Crippen LogP contribution in [0.1, 0.15) is 22.4 Å². The molecular weight excluding hydrogens is 422 g/mol. The summed E-state index contributed by atoms with van der Waals surface area (Å²) in [6, 6.07) is 29.6. The standard InChI is InChI=1S/C29H27N3O2/c1-21-13-15-24(16-14-21)20-31-26-19-27(33)30(18-17-23-9-5-3-6-10-23)22(2)28(26)29(34)32(31)25-11-7-4-8-12-25/h3-16,19H,17-18,20H2,1-2H3. The Bertz CT molecular complexity index is 1560. The molecule has 2 aromatic heterocycles. The number of hydrogen-bond donors (Lipinski definition) is 0. The maximum Gasteiger partial charge on any atom is 0.281 e. The third-order valence-corrected chi connectivity index (χ3v) is 6.40. The van der Waals surface area contributed by atoms with Crippen molar-refractivity contribution in [3.63, 3.8) is 0 Å². The first-order valence-corrected chi connectivity index (χ1v) is 11.5. The van der Waals surface area contributed by atoms with Gasteiger partial charge in [0.15, 0.2) is 0 Å². The summed E-state index contributed by atoms with van der Waals surface area (Å²) in [5.41, 5.74) is 5.34. The number of pyridine rings is 1. The highest BCUT2D eigenvalue weighted by atomic mass is 16.1. The molecule has 0 saturated heterocycles. The predicted molar refractivity (Wildman–Crippen MR) is 137 cm³/mol. The van der Waals surface area contributed by atoms with E-state index in [1.54, 1.807) is 15.3 Å². The Kier molecular flexibility index (Phi) is 5.76. The number of aryl methyl sites for hydroxylation is 3. The van der Waals surface area contributed by atoms with E-state index in [1.165, 1.54) is 5.56 Å². The molecule has 0 N–H and O–H groups in total. The summed E-state index contributed by atoms with van der Waals surface area (Å²) in [5.74, 6) is 0. The quantitative estimate of drug-likeness (QED) is 0.372. The lowest BCUT2D eigenvalue weighted by atomic mass is 10.1. The van der Waals surface area contributed by atoms with Gasteiger partial charge in [-0.3, -0.25) is 14.3 Å². The van der Waals surface area contributed by atoms with E-state index in [0.717, 1.165) is 23.2 Å². The molecule has 5 aromatic rings. The van der Waals surface area contributed by atoms with Crippen molar-refractivity contribution in [3.8, 4) is 5.69 Å². The molecule has 0 unspecified atom stereocenters. The van der Waals surface area contributed by atoms with Crippen LogP contribution >= 0.6 is 0 Å². The normalized spacial score (nSPS) is 11.2. The Morgan fingerprint density at radius 3 is 2.06 bits per heavy atom. The Morgan fingerprint density at radius 1 is 0.735 bits per heavy atom. The van der Waals surface area contributed by atoms with Gasteiger partial charge in [0, 0.05) is 18.3 Å². The fourth-order valence-corrected chi connectivity index (χ4v) is 4.56. The van der Waals surface area contributed by atoms with E-state index in [4.69, 9.17) is 0 Å². The number of para-hydroxylation sites is 1. The van der Waals surface area contributed by atoms with Crippen LogP contribution in [0.15, 0.2) is 101 Å². The van der Waals surface area contributed by atoms with Crippen LogP contribution < -0.4 is 11.1 Å². The van der Waals surface area contributed by atoms with Gasteiger partial charge in [0.1, 0.15) is 0 Å². The minimum Gasteiger partial charge on any atom is -0.312 e. The molecule has 0 spiro atoms. The number of hydrogen-bond acceptors (Lipinski definition) is 2. The number of fused-ring (bicyclic) bond motifs is 1. The maximum absolute atomic E-state index is 13.8. The minimum absolute atomic E-state index is 0.0937. The molecule has 0 aliphatic carbocycles. The lowest BCUT2D eigenvalue weighted by molar-refractivity contribution is 0.611. The molecule has 3 aromatic carbocycles. The lowest BCUT2D eigenvalue weighted by Gasteiger charge is -2.14. The summed E-state index contributed by atoms with van der Waals surface area (Å²) >= 11 is 0. The van der Waals surface area contributed by atoms with Crippen molar-refractivity contribution in [2.24, 2.45) is 0 Å². The average molecular weight is 450 g/mol. The maximum atomic E-state index is 13.8. The summed E-state index contributed by atoms with van der Waals surface area (Å²) in [6.45, 7) is 4.94. The summed E-state index contributed by atoms with van der Waals surface area (Å²) in [5, 5.41) is 0.587. The smallest absolute Gasteiger partial charge is 0.281 e. The molecule has 5 heteroatoms. The highest BCUT2D eigenvalue weighted by molar-refractivity contribution is 5.81. The first-order valence-electron chi connectivity index (χ1n) is 11.5. The topological polar surface area (TPSA) is 48.9 Å². The van der Waals surface area contributed by atoms with E-state index in [9.17, 15) is 9.59 Å². The molecule has 0 radical (unpaired) electrons. The zero-order valence-corrected chi connectivity index (χ0v) is 19.4. The van der Waals surface area contributed by atoms with Crippen LogP contribution in [0.5, 0.6) is 0 Å². The van der Waals surface area contributed by atoms with E-state index in [-0.39, 0.29) is 11.1 Å². The number of aromatic nitrogens is 3. The molecule has 0 bridgehead atoms. The van der Waals surface area contributed by atoms with Crippen molar-refractivity contribution in [1.29, 1.82) is 0 Å². The molecule has 0 aliphatic rings. The van der Waals surface area contributed by atoms with Gasteiger partial charge in [0.2, 0.25) is 0 Å². The summed E-state index contributed by atoms with van der Waals surface area (Å²) in [4.78, 5) is 27.0. The van der Waals surface area contributed by atoms with E-state index in [1.807, 2.05) is 60.1 Å². The first-order chi connectivity index (χ1) is 16.5. The average Bonchev–Trinajstić information content (AvgIpc) is 3.12. The SMILES string of the molecule is Cc1ccc(Cn2c3cc(=O)n(CCc4ccccc4)c(C)c3c(=O)n2-c2ccccc2)cc1. The van der Waals surface area contributed by atoms with Crippen LogP contribution in [0.2, 0.25) is 0 Å². The van der Waals surface area contributed by atoms with Gasteiger partial charge in [0.05, 0.1) is 23.1 Å². The molecule has 34 heavy (non-hydrogen) atoms. The van der Waals surface area contributed by atoms with Gasteiger partial charge in [-0.1, -0.05) is 78.4 Å². The fraction of sp³-hybridized carbons (Fsp3) is 0.172. The Hall–Kier alpha value is -4.12. The van der Waals surface area contributed by atoms with Gasteiger partial charge in [-0.2, -0.15) is 0 Å². The van der Waals surface area contributed by atoms with Crippen LogP contribution in [-0.2, 0) is 19.5 Å². The molecule has 0 fully saturated rings. The van der Waals surface area contributed by atoms with E-state index in [2.05, 4.69) is 43.3 Å². The first kappa shape index (κ1) is 21.7. The van der Waals surface area contributed by atoms with Crippen molar-refractivity contribution in [1.82, 2.24) is 13.9 Å². The molecule has 2 heterocycles. The Labute approximate surface area is 198 Å². The van der Waals surface area contributed by atoms with Crippen LogP contribution in [0.4, 0.5) is 0 Å². The number of nitrogens with zero attached hydrogens (tertiary/aromatic N) is 3. The summed E-state index contributed by atoms with van der Waals surface area (Å²) < 4.78 is 5.34. The second-order valence-electron chi connectivity index (χ2n) is 8.71. The second kappa shape index (κ2) is 9.02. The van der Waals surface area contributed by atoms with E-state index >= 15 is 0 Å². The summed E-state index contributed by atoms with van der Waals surface area (Å²) in [6.07, 6.45) is 0.726. The highest BCUT2D eigenvalue weighted by Crippen LogP contribution is 2.19. The molecule has 0 atom stereocenters. The lowest BCUT2D eigenvalue weighted by Crippen LogP contribution is -2.24. The van der Waals surface area contributed by atoms with Crippen molar-refractivity contribution in [3.05, 3.63) is 134 Å². The largest absolute Gasteiger partial charge is 0.312 e. The van der Waals surface area contributed by atoms with E-state index in [0.29, 0.717) is 29.7 Å². The van der Waals surface area contributed by atoms with Gasteiger partial charge in [-0.15, -0.1) is 0 Å². The van der Waals surface area contributed by atoms with Crippen LogP contribution in [0.3, 0.4) is 0 Å². The van der Waals surface area contributed by atoms with Crippen molar-refractivity contribution >= 4 is 10.9 Å². The zero-order chi connectivity index (χ0) is 23.7. The summed E-state index contributed by atoms with van der Waals surface area (Å²) in [7, 11) is 0. The molecule has 0 saturated carbocycles. The fourth-order valence-electron chi connectivity index (χ4n) is 4.56. The third kappa shape index (κ3) is 4.01. The van der Waals surface area contributed by atoms with Crippen molar-refractivity contribution in [2.75, 3.05) is 0 Å². The Balaban J connectivity index is 1.68. The van der Waals surface area contributed by atoms with Gasteiger partial charge >= 0.3 is 0 Å². The van der Waals surface area contributed by atoms with Crippen LogP contribution in [0.25, 0.3) is 16.6 Å². The van der Waals surface area contributed by atoms with Crippen molar-refractivity contribution < 1.29 is 0 Å². The van der Waals surface area contributed by atoms with Gasteiger partial charge < -0.3 is 4.57 Å². The van der Waals surface area contributed by atoms with Crippen LogP contribution in [0, 0.1) is 13.8 Å². The van der Waals surface area contributed by atoms with Crippen LogP contribution in [-0.4, -0.2) is 13.9 Å². The van der Waals surface area contributed by atoms with Crippen molar-refractivity contribution in [2.45, 2.75) is 33.4 Å². The highest BCUT2D eigenvalue weighted by Gasteiger charge is 2.20. The molecule has 170 valence electrons. The molecule has 0 aliphatic heterocycles. The number of rotatable bonds is 6. The predicted octanol–water partition coefficient (Wildman–Crippen LogP) is 4.86. The number of benzene rings is 3.